The van der Waals surface area contributed by atoms with Gasteiger partial charge in [-0.25, -0.2) is 0 Å². The molecule has 0 spiro atoms. The molecule has 0 aromatic carbocycles. The number of ketones is 1. The zero-order valence-corrected chi connectivity index (χ0v) is 28.6. The Morgan fingerprint density at radius 3 is 2.45 bits per heavy atom. The fraction of sp³-hybridized carbons (Fsp3) is 0.944. The van der Waals surface area contributed by atoms with Crippen molar-refractivity contribution < 1.29 is 38.7 Å². The van der Waals surface area contributed by atoms with Crippen molar-refractivity contribution in [1.29, 1.82) is 0 Å². The van der Waals surface area contributed by atoms with Gasteiger partial charge in [0.25, 0.3) is 0 Å². The zero-order chi connectivity index (χ0) is 32.2. The Balaban J connectivity index is 1.30. The van der Waals surface area contributed by atoms with E-state index in [2.05, 4.69) is 34.6 Å². The monoisotopic (exact) mass is 620 g/mol. The molecule has 0 aromatic heterocycles. The number of aliphatic hydroxyl groups is 2. The normalized spacial score (nSPS) is 44.9. The molecule has 8 nitrogen and oxygen atoms in total. The Labute approximate surface area is 265 Å². The van der Waals surface area contributed by atoms with Crippen LogP contribution in [0.1, 0.15) is 120 Å². The van der Waals surface area contributed by atoms with E-state index in [1.54, 1.807) is 13.8 Å². The van der Waals surface area contributed by atoms with Gasteiger partial charge in [0.2, 0.25) is 0 Å². The first-order valence-corrected chi connectivity index (χ1v) is 17.6. The Kier molecular flexibility index (Phi) is 10.0. The van der Waals surface area contributed by atoms with E-state index in [0.717, 1.165) is 44.9 Å². The molecular weight excluding hydrogens is 560 g/mol. The molecule has 6 unspecified atom stereocenters. The molecule has 8 heteroatoms. The van der Waals surface area contributed by atoms with Crippen LogP contribution in [0.5, 0.6) is 0 Å². The molecule has 3 saturated carbocycles. The first-order valence-electron chi connectivity index (χ1n) is 17.6. The van der Waals surface area contributed by atoms with Crippen molar-refractivity contribution in [3.05, 3.63) is 0 Å². The maximum absolute atomic E-state index is 14.4. The van der Waals surface area contributed by atoms with Gasteiger partial charge in [-0.05, 0) is 99.7 Å². The second-order valence-electron chi connectivity index (χ2n) is 16.7. The second kappa shape index (κ2) is 12.9. The minimum absolute atomic E-state index is 0.0343. The number of fused-ring (bicyclic) bond motifs is 3. The average Bonchev–Trinajstić information content (AvgIpc) is 3.15. The number of aliphatic hydroxyl groups excluding tert-OH is 1. The molecule has 2 N–H and O–H groups in total. The van der Waals surface area contributed by atoms with Crippen molar-refractivity contribution in [3.8, 4) is 0 Å². The SMILES string of the molecule is CC(=O)O[C@@H]([C@H]1C[C@@H](C)C2C(O1)C(=O)C1[C@H](CCC3C(C)CC[C@H](OC4C[C@@H](O)CCO4)C3(C)C)CCC[C@@]12C)C(C)(C)O. The Hall–Kier alpha value is -1.06. The maximum Gasteiger partial charge on any atom is 0.303 e. The fourth-order valence-electron chi connectivity index (χ4n) is 10.7. The molecule has 5 rings (SSSR count). The van der Waals surface area contributed by atoms with Crippen molar-refractivity contribution in [2.24, 2.45) is 46.3 Å². The van der Waals surface area contributed by atoms with E-state index in [1.807, 2.05) is 0 Å². The van der Waals surface area contributed by atoms with E-state index in [1.165, 1.54) is 6.92 Å². The summed E-state index contributed by atoms with van der Waals surface area (Å²) in [6.45, 7) is 16.8. The molecule has 3 aliphatic carbocycles. The summed E-state index contributed by atoms with van der Waals surface area (Å²) in [4.78, 5) is 26.3. The van der Waals surface area contributed by atoms with E-state index >= 15 is 0 Å². The van der Waals surface area contributed by atoms with Crippen LogP contribution in [0.25, 0.3) is 0 Å². The predicted octanol–water partition coefficient (Wildman–Crippen LogP) is 5.84. The number of carbonyl (C=O) groups is 2. The first-order chi connectivity index (χ1) is 20.5. The number of Topliss-reactive ketones (excluding diaryl/α,β-unsaturated/α-hetero) is 1. The standard InChI is InChI=1S/C36H60O8/c1-20-11-14-27(44-28-19-24(38)15-17-41-28)34(4,5)25(20)13-12-23-10-9-16-36(8)29-21(2)18-26(43-32(29)31(39)30(23)36)33(35(6,7)40)42-22(3)37/h20-21,23-30,32-33,38,40H,9-19H2,1-8H3/t20?,21-,23+,24+,25?,26-,27+,28?,29?,30?,32?,33+,36-/m1/s1. The lowest BCUT2D eigenvalue weighted by Crippen LogP contribution is -2.55. The predicted molar refractivity (Wildman–Crippen MR) is 166 cm³/mol. The van der Waals surface area contributed by atoms with Crippen LogP contribution < -0.4 is 0 Å². The third-order valence-electron chi connectivity index (χ3n) is 12.8. The summed E-state index contributed by atoms with van der Waals surface area (Å²) >= 11 is 0. The molecule has 252 valence electrons. The topological polar surface area (TPSA) is 112 Å². The average molecular weight is 621 g/mol. The lowest BCUT2D eigenvalue weighted by Gasteiger charge is -2.51. The van der Waals surface area contributed by atoms with Gasteiger partial charge in [-0.15, -0.1) is 0 Å². The maximum atomic E-state index is 14.4. The van der Waals surface area contributed by atoms with Crippen molar-refractivity contribution in [3.63, 3.8) is 0 Å². The van der Waals surface area contributed by atoms with Crippen LogP contribution in [0.15, 0.2) is 0 Å². The molecule has 0 bridgehead atoms. The highest BCUT2D eigenvalue weighted by Crippen LogP contribution is 2.62. The molecule has 0 amide bonds. The highest BCUT2D eigenvalue weighted by Gasteiger charge is 2.65. The first kappa shape index (κ1) is 34.3. The third kappa shape index (κ3) is 6.54. The number of rotatable bonds is 8. The Bertz CT molecular complexity index is 1040. The Morgan fingerprint density at radius 2 is 1.80 bits per heavy atom. The molecule has 44 heavy (non-hydrogen) atoms. The summed E-state index contributed by atoms with van der Waals surface area (Å²) in [5, 5.41) is 21.0. The number of esters is 1. The van der Waals surface area contributed by atoms with Gasteiger partial charge in [0.05, 0.1) is 30.5 Å². The van der Waals surface area contributed by atoms with Crippen molar-refractivity contribution >= 4 is 11.8 Å². The van der Waals surface area contributed by atoms with Gasteiger partial charge < -0.3 is 29.2 Å². The van der Waals surface area contributed by atoms with Gasteiger partial charge in [0, 0.05) is 25.2 Å². The molecule has 0 aromatic rings. The fourth-order valence-corrected chi connectivity index (χ4v) is 10.7. The molecular formula is C36H60O8. The summed E-state index contributed by atoms with van der Waals surface area (Å²) < 4.78 is 24.6. The van der Waals surface area contributed by atoms with Gasteiger partial charge in [0.1, 0.15) is 6.10 Å². The summed E-state index contributed by atoms with van der Waals surface area (Å²) in [5.41, 5.74) is -1.43. The summed E-state index contributed by atoms with van der Waals surface area (Å²) in [6.07, 6.45) is 6.82. The van der Waals surface area contributed by atoms with Gasteiger partial charge in [-0.2, -0.15) is 0 Å². The van der Waals surface area contributed by atoms with Gasteiger partial charge >= 0.3 is 5.97 Å². The molecule has 2 saturated heterocycles. The molecule has 13 atom stereocenters. The third-order valence-corrected chi connectivity index (χ3v) is 12.8. The highest BCUT2D eigenvalue weighted by atomic mass is 16.7. The van der Waals surface area contributed by atoms with E-state index in [4.69, 9.17) is 18.9 Å². The number of hydrogen-bond donors (Lipinski definition) is 2. The lowest BCUT2D eigenvalue weighted by molar-refractivity contribution is -0.240. The number of carbonyl (C=O) groups excluding carboxylic acids is 2. The number of ether oxygens (including phenoxy) is 4. The van der Waals surface area contributed by atoms with Crippen LogP contribution in [0, 0.1) is 46.3 Å². The van der Waals surface area contributed by atoms with Gasteiger partial charge in [0.15, 0.2) is 18.2 Å². The number of hydrogen-bond acceptors (Lipinski definition) is 8. The van der Waals surface area contributed by atoms with E-state index in [0.29, 0.717) is 43.6 Å². The van der Waals surface area contributed by atoms with Crippen LogP contribution in [0.4, 0.5) is 0 Å². The minimum Gasteiger partial charge on any atom is -0.457 e. The summed E-state index contributed by atoms with van der Waals surface area (Å²) in [7, 11) is 0. The van der Waals surface area contributed by atoms with Gasteiger partial charge in [-0.3, -0.25) is 9.59 Å². The molecule has 5 fully saturated rings. The van der Waals surface area contributed by atoms with Crippen molar-refractivity contribution in [2.45, 2.75) is 162 Å². The molecule has 2 heterocycles. The highest BCUT2D eigenvalue weighted by molar-refractivity contribution is 5.90. The van der Waals surface area contributed by atoms with Crippen LogP contribution in [-0.4, -0.2) is 71.0 Å². The van der Waals surface area contributed by atoms with Crippen LogP contribution >= 0.6 is 0 Å². The summed E-state index contributed by atoms with van der Waals surface area (Å²) in [5.74, 6) is 1.45. The van der Waals surface area contributed by atoms with Crippen LogP contribution in [-0.2, 0) is 28.5 Å². The zero-order valence-electron chi connectivity index (χ0n) is 28.6. The van der Waals surface area contributed by atoms with Crippen LogP contribution in [0.3, 0.4) is 0 Å². The summed E-state index contributed by atoms with van der Waals surface area (Å²) in [6, 6.07) is 0. The Morgan fingerprint density at radius 1 is 1.07 bits per heavy atom. The van der Waals surface area contributed by atoms with Crippen LogP contribution in [0.2, 0.25) is 0 Å². The minimum atomic E-state index is -1.28. The molecule has 5 aliphatic rings. The van der Waals surface area contributed by atoms with Gasteiger partial charge in [-0.1, -0.05) is 41.0 Å². The molecule has 2 aliphatic heterocycles. The van der Waals surface area contributed by atoms with Crippen molar-refractivity contribution in [1.82, 2.24) is 0 Å². The van der Waals surface area contributed by atoms with Crippen molar-refractivity contribution in [2.75, 3.05) is 6.61 Å². The van der Waals surface area contributed by atoms with E-state index in [9.17, 15) is 19.8 Å². The lowest BCUT2D eigenvalue weighted by atomic mass is 9.56. The molecule has 0 radical (unpaired) electrons. The van der Waals surface area contributed by atoms with E-state index in [-0.39, 0.29) is 52.9 Å². The smallest absolute Gasteiger partial charge is 0.303 e. The quantitative estimate of drug-likeness (QED) is 0.326. The second-order valence-corrected chi connectivity index (χ2v) is 16.7. The van der Waals surface area contributed by atoms with E-state index < -0.39 is 29.9 Å². The largest absolute Gasteiger partial charge is 0.457 e.